The lowest BCUT2D eigenvalue weighted by Crippen LogP contribution is -2.16. The Balaban J connectivity index is 1.55. The third kappa shape index (κ3) is 4.55. The van der Waals surface area contributed by atoms with E-state index in [1.807, 2.05) is 6.07 Å². The van der Waals surface area contributed by atoms with Crippen LogP contribution in [0.25, 0.3) is 59.3 Å². The summed E-state index contributed by atoms with van der Waals surface area (Å²) < 4.78 is 27.2. The average Bonchev–Trinajstić information content (AvgIpc) is 3.56. The van der Waals surface area contributed by atoms with Crippen LogP contribution in [0.5, 0.6) is 0 Å². The summed E-state index contributed by atoms with van der Waals surface area (Å²) in [6.45, 7) is 13.8. The van der Waals surface area contributed by atoms with Crippen LogP contribution in [0.4, 0.5) is 0 Å². The standard InChI is InChI=1S/C39H39N3S/c1-22(2)29-20-26(39(6,7)8)21-30(23(3)4)35(29)42-34-15-10-9-14-33(34)40-37(42)28-13-11-12-27-31-19-25-18-24(5)16-17-32(25)41-38(31)43-36(27)28/h9-23H,1-8H3/i5D3. The fourth-order valence-electron chi connectivity index (χ4n) is 6.25. The van der Waals surface area contributed by atoms with Gasteiger partial charge in [-0.2, -0.15) is 0 Å². The predicted molar refractivity (Wildman–Crippen MR) is 186 cm³/mol. The Morgan fingerprint density at radius 1 is 0.767 bits per heavy atom. The molecule has 0 aliphatic rings. The van der Waals surface area contributed by atoms with Crippen LogP contribution in [-0.4, -0.2) is 14.5 Å². The van der Waals surface area contributed by atoms with Crippen molar-refractivity contribution in [1.82, 2.24) is 14.5 Å². The minimum absolute atomic E-state index is 0.0229. The zero-order valence-corrected chi connectivity index (χ0v) is 26.7. The largest absolute Gasteiger partial charge is 0.292 e. The quantitative estimate of drug-likeness (QED) is 0.206. The lowest BCUT2D eigenvalue weighted by atomic mass is 9.81. The first kappa shape index (κ1) is 24.4. The summed E-state index contributed by atoms with van der Waals surface area (Å²) >= 11 is 1.67. The molecule has 3 heterocycles. The lowest BCUT2D eigenvalue weighted by Gasteiger charge is -2.28. The van der Waals surface area contributed by atoms with Crippen LogP contribution in [-0.2, 0) is 5.41 Å². The molecule has 0 N–H and O–H groups in total. The molecule has 3 aromatic heterocycles. The predicted octanol–water partition coefficient (Wildman–Crippen LogP) is 11.5. The van der Waals surface area contributed by atoms with Crippen LogP contribution < -0.4 is 0 Å². The van der Waals surface area contributed by atoms with Crippen LogP contribution in [0.3, 0.4) is 0 Å². The summed E-state index contributed by atoms with van der Waals surface area (Å²) in [6.07, 6.45) is 0. The van der Waals surface area contributed by atoms with Crippen molar-refractivity contribution in [2.45, 2.75) is 72.6 Å². The summed E-state index contributed by atoms with van der Waals surface area (Å²) in [5.41, 5.74) is 9.47. The Morgan fingerprint density at radius 2 is 1.51 bits per heavy atom. The van der Waals surface area contributed by atoms with Crippen molar-refractivity contribution in [2.75, 3.05) is 0 Å². The number of rotatable bonds is 4. The molecule has 0 saturated heterocycles. The Kier molecular flexibility index (Phi) is 5.69. The maximum absolute atomic E-state index is 7.90. The molecule has 43 heavy (non-hydrogen) atoms. The van der Waals surface area contributed by atoms with E-state index in [-0.39, 0.29) is 5.41 Å². The summed E-state index contributed by atoms with van der Waals surface area (Å²) in [6, 6.07) is 27.0. The van der Waals surface area contributed by atoms with Gasteiger partial charge in [-0.25, -0.2) is 9.97 Å². The number of hydrogen-bond acceptors (Lipinski definition) is 3. The summed E-state index contributed by atoms with van der Waals surface area (Å²) in [5.74, 6) is 1.53. The van der Waals surface area contributed by atoms with Crippen molar-refractivity contribution >= 4 is 53.6 Å². The zero-order valence-electron chi connectivity index (χ0n) is 28.9. The molecule has 0 bridgehead atoms. The number of fused-ring (bicyclic) bond motifs is 5. The van der Waals surface area contributed by atoms with Gasteiger partial charge in [-0.05, 0) is 77.2 Å². The van der Waals surface area contributed by atoms with E-state index >= 15 is 0 Å². The SMILES string of the molecule is [2H]C([2H])([2H])c1ccc2nc3sc4c(-c5nc6ccccc6n5-c5c(C(C)C)cc(C(C)(C)C)cc5C(C)C)cccc4c3cc2c1. The number of imidazole rings is 1. The molecule has 0 fully saturated rings. The van der Waals surface area contributed by atoms with Crippen LogP contribution in [0.15, 0.2) is 78.9 Å². The highest BCUT2D eigenvalue weighted by molar-refractivity contribution is 7.26. The van der Waals surface area contributed by atoms with E-state index in [2.05, 4.69) is 114 Å². The van der Waals surface area contributed by atoms with Crippen molar-refractivity contribution in [2.24, 2.45) is 0 Å². The molecular formula is C39H39N3S. The summed E-state index contributed by atoms with van der Waals surface area (Å²) in [4.78, 5) is 11.3. The molecule has 0 unspecified atom stereocenters. The number of thiophene rings is 1. The molecule has 0 atom stereocenters. The van der Waals surface area contributed by atoms with Crippen LogP contribution in [0.2, 0.25) is 0 Å². The number of aromatic nitrogens is 3. The van der Waals surface area contributed by atoms with Crippen molar-refractivity contribution in [1.29, 1.82) is 0 Å². The van der Waals surface area contributed by atoms with Gasteiger partial charge in [-0.15, -0.1) is 11.3 Å². The van der Waals surface area contributed by atoms with E-state index in [1.165, 1.54) is 22.4 Å². The number of para-hydroxylation sites is 2. The number of nitrogens with zero attached hydrogens (tertiary/aromatic N) is 3. The lowest BCUT2D eigenvalue weighted by molar-refractivity contribution is 0.586. The van der Waals surface area contributed by atoms with Gasteiger partial charge in [0.05, 0.1) is 22.2 Å². The smallest absolute Gasteiger partial charge is 0.147 e. The Hall–Kier alpha value is -4.02. The van der Waals surface area contributed by atoms with Crippen LogP contribution in [0.1, 0.15) is 86.7 Å². The monoisotopic (exact) mass is 584 g/mol. The van der Waals surface area contributed by atoms with Gasteiger partial charge >= 0.3 is 0 Å². The van der Waals surface area contributed by atoms with Gasteiger partial charge in [0, 0.05) is 30.5 Å². The molecule has 3 nitrogen and oxygen atoms in total. The van der Waals surface area contributed by atoms with Crippen molar-refractivity contribution in [3.05, 3.63) is 101 Å². The minimum atomic E-state index is -2.17. The highest BCUT2D eigenvalue weighted by atomic mass is 32.1. The third-order valence-corrected chi connectivity index (χ3v) is 9.74. The molecule has 4 heteroatoms. The number of benzene rings is 4. The third-order valence-electron chi connectivity index (χ3n) is 8.59. The molecular weight excluding hydrogens is 543 g/mol. The van der Waals surface area contributed by atoms with E-state index in [9.17, 15) is 0 Å². The number of hydrogen-bond donors (Lipinski definition) is 0. The molecule has 0 aliphatic carbocycles. The fraction of sp³-hybridized carbons (Fsp3) is 0.282. The maximum Gasteiger partial charge on any atom is 0.147 e. The second kappa shape index (κ2) is 10.0. The average molecular weight is 585 g/mol. The molecule has 216 valence electrons. The normalized spacial score (nSPS) is 13.9. The van der Waals surface area contributed by atoms with Crippen molar-refractivity contribution < 1.29 is 4.11 Å². The number of pyridine rings is 1. The summed E-state index contributed by atoms with van der Waals surface area (Å²) in [7, 11) is 0. The van der Waals surface area contributed by atoms with Crippen LogP contribution >= 0.6 is 11.3 Å². The molecule has 7 rings (SSSR count). The molecule has 0 spiro atoms. The first-order valence-corrected chi connectivity index (χ1v) is 16.0. The van der Waals surface area contributed by atoms with E-state index < -0.39 is 6.85 Å². The van der Waals surface area contributed by atoms with E-state index in [4.69, 9.17) is 14.1 Å². The molecule has 0 saturated carbocycles. The molecule has 7 aromatic rings. The van der Waals surface area contributed by atoms with E-state index in [1.54, 1.807) is 23.5 Å². The second-order valence-corrected chi connectivity index (χ2v) is 14.4. The van der Waals surface area contributed by atoms with Gasteiger partial charge in [0.1, 0.15) is 10.7 Å². The topological polar surface area (TPSA) is 30.7 Å². The van der Waals surface area contributed by atoms with Gasteiger partial charge in [-0.3, -0.25) is 4.57 Å². The molecule has 0 aliphatic heterocycles. The molecule has 4 aromatic carbocycles. The van der Waals surface area contributed by atoms with Crippen molar-refractivity contribution in [3.8, 4) is 17.1 Å². The second-order valence-electron chi connectivity index (χ2n) is 13.4. The highest BCUT2D eigenvalue weighted by Gasteiger charge is 2.26. The van der Waals surface area contributed by atoms with Crippen LogP contribution in [0, 0.1) is 6.85 Å². The van der Waals surface area contributed by atoms with Gasteiger partial charge in [-0.1, -0.05) is 96.5 Å². The van der Waals surface area contributed by atoms with Crippen molar-refractivity contribution in [3.63, 3.8) is 0 Å². The molecule has 0 amide bonds. The maximum atomic E-state index is 7.90. The van der Waals surface area contributed by atoms with Gasteiger partial charge in [0.15, 0.2) is 0 Å². The van der Waals surface area contributed by atoms with Gasteiger partial charge in [0.25, 0.3) is 0 Å². The van der Waals surface area contributed by atoms with Gasteiger partial charge in [0.2, 0.25) is 0 Å². The first-order chi connectivity index (χ1) is 21.7. The number of aryl methyl sites for hydroxylation is 1. The minimum Gasteiger partial charge on any atom is -0.292 e. The van der Waals surface area contributed by atoms with E-state index in [0.29, 0.717) is 17.4 Å². The van der Waals surface area contributed by atoms with E-state index in [0.717, 1.165) is 53.6 Å². The Morgan fingerprint density at radius 3 is 2.21 bits per heavy atom. The highest BCUT2D eigenvalue weighted by Crippen LogP contribution is 2.44. The zero-order chi connectivity index (χ0) is 32.7. The fourth-order valence-corrected chi connectivity index (χ4v) is 7.42. The Labute approximate surface area is 262 Å². The molecule has 0 radical (unpaired) electrons. The van der Waals surface area contributed by atoms with Gasteiger partial charge < -0.3 is 0 Å². The first-order valence-electron chi connectivity index (χ1n) is 16.7. The summed E-state index contributed by atoms with van der Waals surface area (Å²) in [5, 5.41) is 2.96. The Bertz CT molecular complexity index is 2270.